The first kappa shape index (κ1) is 8.84. The zero-order chi connectivity index (χ0) is 10.1. The second-order valence-electron chi connectivity index (χ2n) is 3.56. The molecule has 0 unspecified atom stereocenters. The molecule has 0 bridgehead atoms. The van der Waals surface area contributed by atoms with Gasteiger partial charge in [0.05, 0.1) is 0 Å². The normalized spacial score (nSPS) is 10.1. The highest BCUT2D eigenvalue weighted by Gasteiger charge is 2.03. The third-order valence-electron chi connectivity index (χ3n) is 2.68. The summed E-state index contributed by atoms with van der Waals surface area (Å²) in [5.74, 6) is 2.73. The average molecular weight is 180 g/mol. The molecule has 0 radical (unpaired) electrons. The molecule has 2 rings (SSSR count). The van der Waals surface area contributed by atoms with Gasteiger partial charge in [0.25, 0.3) is 0 Å². The number of benzene rings is 2. The van der Waals surface area contributed by atoms with Crippen molar-refractivity contribution < 1.29 is 0 Å². The lowest BCUT2D eigenvalue weighted by atomic mass is 9.96. The van der Waals surface area contributed by atoms with Crippen LogP contribution in [0.2, 0.25) is 0 Å². The van der Waals surface area contributed by atoms with Gasteiger partial charge in [-0.2, -0.15) is 0 Å². The van der Waals surface area contributed by atoms with Crippen LogP contribution in [0.5, 0.6) is 0 Å². The molecular weight excluding hydrogens is 168 g/mol. The Morgan fingerprint density at radius 2 is 1.71 bits per heavy atom. The molecule has 0 heterocycles. The van der Waals surface area contributed by atoms with Crippen LogP contribution in [0.15, 0.2) is 30.3 Å². The zero-order valence-corrected chi connectivity index (χ0v) is 8.46. The molecule has 0 amide bonds. The third-order valence-corrected chi connectivity index (χ3v) is 2.68. The quantitative estimate of drug-likeness (QED) is 0.545. The Kier molecular flexibility index (Phi) is 2.02. The van der Waals surface area contributed by atoms with Crippen LogP contribution in [0.4, 0.5) is 0 Å². The maximum atomic E-state index is 5.46. The van der Waals surface area contributed by atoms with Gasteiger partial charge in [-0.3, -0.25) is 0 Å². The highest BCUT2D eigenvalue weighted by molar-refractivity contribution is 5.90. The molecule has 0 fully saturated rings. The fourth-order valence-electron chi connectivity index (χ4n) is 1.85. The van der Waals surface area contributed by atoms with Crippen LogP contribution in [-0.4, -0.2) is 0 Å². The van der Waals surface area contributed by atoms with Crippen molar-refractivity contribution >= 4 is 10.8 Å². The van der Waals surface area contributed by atoms with Crippen molar-refractivity contribution in [2.24, 2.45) is 0 Å². The first-order valence-electron chi connectivity index (χ1n) is 4.69. The van der Waals surface area contributed by atoms with Gasteiger partial charge in [0.1, 0.15) is 0 Å². The fraction of sp³-hybridized carbons (Fsp3) is 0.143. The lowest BCUT2D eigenvalue weighted by Crippen LogP contribution is -1.88. The van der Waals surface area contributed by atoms with Crippen LogP contribution in [0.25, 0.3) is 10.8 Å². The standard InChI is InChI=1S/C14H12/c1-4-12-9-10(2)13-7-5-6-8-14(13)11(12)3/h1,5-9H,2-3H3. The molecule has 0 atom stereocenters. The van der Waals surface area contributed by atoms with E-state index in [1.54, 1.807) is 0 Å². The van der Waals surface area contributed by atoms with E-state index in [1.165, 1.54) is 21.9 Å². The van der Waals surface area contributed by atoms with E-state index in [1.807, 2.05) is 0 Å². The monoisotopic (exact) mass is 180 g/mol. The number of hydrogen-bond donors (Lipinski definition) is 0. The molecule has 0 N–H and O–H groups in total. The first-order chi connectivity index (χ1) is 6.74. The summed E-state index contributed by atoms with van der Waals surface area (Å²) in [5, 5.41) is 2.56. The van der Waals surface area contributed by atoms with E-state index < -0.39 is 0 Å². The van der Waals surface area contributed by atoms with E-state index in [0.717, 1.165) is 5.56 Å². The van der Waals surface area contributed by atoms with Crippen molar-refractivity contribution in [2.45, 2.75) is 13.8 Å². The van der Waals surface area contributed by atoms with Gasteiger partial charge in [0, 0.05) is 5.56 Å². The minimum Gasteiger partial charge on any atom is -0.115 e. The van der Waals surface area contributed by atoms with Gasteiger partial charge in [0.15, 0.2) is 0 Å². The Balaban J connectivity index is 2.96. The second kappa shape index (κ2) is 3.20. The van der Waals surface area contributed by atoms with Crippen molar-refractivity contribution in [1.29, 1.82) is 0 Å². The molecule has 0 aliphatic heterocycles. The fourth-order valence-corrected chi connectivity index (χ4v) is 1.85. The maximum absolute atomic E-state index is 5.46. The molecule has 0 aliphatic carbocycles. The highest BCUT2D eigenvalue weighted by atomic mass is 14.1. The third kappa shape index (κ3) is 1.18. The predicted molar refractivity (Wildman–Crippen MR) is 61.4 cm³/mol. The lowest BCUT2D eigenvalue weighted by Gasteiger charge is -2.07. The van der Waals surface area contributed by atoms with Crippen LogP contribution >= 0.6 is 0 Å². The molecule has 14 heavy (non-hydrogen) atoms. The van der Waals surface area contributed by atoms with Crippen LogP contribution in [0, 0.1) is 26.2 Å². The number of hydrogen-bond acceptors (Lipinski definition) is 0. The van der Waals surface area contributed by atoms with Gasteiger partial charge in [-0.25, -0.2) is 0 Å². The summed E-state index contributed by atoms with van der Waals surface area (Å²) in [6.45, 7) is 4.18. The Hall–Kier alpha value is -1.74. The van der Waals surface area contributed by atoms with Gasteiger partial charge in [0.2, 0.25) is 0 Å². The lowest BCUT2D eigenvalue weighted by molar-refractivity contribution is 1.43. The van der Waals surface area contributed by atoms with Crippen molar-refractivity contribution in [3.8, 4) is 12.3 Å². The number of aryl methyl sites for hydroxylation is 2. The van der Waals surface area contributed by atoms with Crippen molar-refractivity contribution in [1.82, 2.24) is 0 Å². The van der Waals surface area contributed by atoms with Crippen LogP contribution < -0.4 is 0 Å². The molecular formula is C14H12. The summed E-state index contributed by atoms with van der Waals surface area (Å²) in [6.07, 6.45) is 5.46. The average Bonchev–Trinajstić information content (AvgIpc) is 2.23. The molecule has 0 aromatic heterocycles. The molecule has 0 nitrogen and oxygen atoms in total. The summed E-state index contributed by atoms with van der Waals surface area (Å²) >= 11 is 0. The number of terminal acetylenes is 1. The van der Waals surface area contributed by atoms with E-state index >= 15 is 0 Å². The van der Waals surface area contributed by atoms with Crippen molar-refractivity contribution in [3.05, 3.63) is 47.0 Å². The summed E-state index contributed by atoms with van der Waals surface area (Å²) in [6, 6.07) is 10.5. The van der Waals surface area contributed by atoms with Crippen molar-refractivity contribution in [2.75, 3.05) is 0 Å². The van der Waals surface area contributed by atoms with E-state index in [4.69, 9.17) is 6.42 Å². The molecule has 0 saturated heterocycles. The summed E-state index contributed by atoms with van der Waals surface area (Å²) in [7, 11) is 0. The maximum Gasteiger partial charge on any atom is 0.0280 e. The second-order valence-corrected chi connectivity index (χ2v) is 3.56. The smallest absolute Gasteiger partial charge is 0.0280 e. The van der Waals surface area contributed by atoms with Crippen molar-refractivity contribution in [3.63, 3.8) is 0 Å². The van der Waals surface area contributed by atoms with E-state index in [2.05, 4.69) is 50.1 Å². The van der Waals surface area contributed by atoms with Crippen LogP contribution in [-0.2, 0) is 0 Å². The van der Waals surface area contributed by atoms with E-state index in [9.17, 15) is 0 Å². The van der Waals surface area contributed by atoms with Gasteiger partial charge in [-0.15, -0.1) is 6.42 Å². The molecule has 0 heteroatoms. The minimum atomic E-state index is 1.00. The SMILES string of the molecule is C#Cc1cc(C)c2ccccc2c1C. The Morgan fingerprint density at radius 1 is 1.07 bits per heavy atom. The Labute approximate surface area is 84.6 Å². The van der Waals surface area contributed by atoms with Crippen LogP contribution in [0.3, 0.4) is 0 Å². The summed E-state index contributed by atoms with van der Waals surface area (Å²) in [4.78, 5) is 0. The van der Waals surface area contributed by atoms with Gasteiger partial charge < -0.3 is 0 Å². The van der Waals surface area contributed by atoms with Gasteiger partial charge in [-0.05, 0) is 41.8 Å². The van der Waals surface area contributed by atoms with Gasteiger partial charge in [-0.1, -0.05) is 30.2 Å². The Morgan fingerprint density at radius 3 is 2.36 bits per heavy atom. The summed E-state index contributed by atoms with van der Waals surface area (Å²) in [5.41, 5.74) is 3.45. The molecule has 0 spiro atoms. The Bertz CT molecular complexity index is 527. The molecule has 2 aromatic rings. The number of rotatable bonds is 0. The van der Waals surface area contributed by atoms with E-state index in [-0.39, 0.29) is 0 Å². The molecule has 0 aliphatic rings. The summed E-state index contributed by atoms with van der Waals surface area (Å²) < 4.78 is 0. The highest BCUT2D eigenvalue weighted by Crippen LogP contribution is 2.24. The minimum absolute atomic E-state index is 1.00. The topological polar surface area (TPSA) is 0 Å². The molecule has 2 aromatic carbocycles. The van der Waals surface area contributed by atoms with Gasteiger partial charge >= 0.3 is 0 Å². The molecule has 0 saturated carbocycles. The van der Waals surface area contributed by atoms with Crippen LogP contribution in [0.1, 0.15) is 16.7 Å². The van der Waals surface area contributed by atoms with E-state index in [0.29, 0.717) is 0 Å². The predicted octanol–water partition coefficient (Wildman–Crippen LogP) is 3.44. The largest absolute Gasteiger partial charge is 0.115 e. The zero-order valence-electron chi connectivity index (χ0n) is 8.46. The number of fused-ring (bicyclic) bond motifs is 1. The first-order valence-corrected chi connectivity index (χ1v) is 4.69. The molecule has 68 valence electrons.